The van der Waals surface area contributed by atoms with Crippen molar-refractivity contribution in [3.8, 4) is 0 Å². The highest BCUT2D eigenvalue weighted by Crippen LogP contribution is 2.34. The number of carbonyl (C=O) groups excluding carboxylic acids is 1. The molecule has 0 saturated carbocycles. The monoisotopic (exact) mass is 324 g/mol. The summed E-state index contributed by atoms with van der Waals surface area (Å²) < 4.78 is 0.00212. The standard InChI is InChI=1S/C14H13ClN2O3S/c1-8(2)9-5-3-4-6-10(9)16-14(18)12-7-11(17(19)20)13(15)21-12/h3-8H,1-2H3,(H,16,18). The van der Waals surface area contributed by atoms with Crippen LogP contribution in [0.1, 0.15) is 35.0 Å². The number of rotatable bonds is 4. The Bertz CT molecular complexity index is 697. The van der Waals surface area contributed by atoms with Gasteiger partial charge in [0.15, 0.2) is 4.34 Å². The van der Waals surface area contributed by atoms with Crippen LogP contribution >= 0.6 is 22.9 Å². The smallest absolute Gasteiger partial charge is 0.299 e. The molecule has 1 amide bonds. The van der Waals surface area contributed by atoms with E-state index in [1.54, 1.807) is 6.07 Å². The second kappa shape index (κ2) is 6.24. The minimum atomic E-state index is -0.600. The maximum Gasteiger partial charge on any atom is 0.299 e. The molecule has 0 unspecified atom stereocenters. The molecule has 7 heteroatoms. The van der Waals surface area contributed by atoms with Crippen LogP contribution in [0, 0.1) is 10.1 Å². The van der Waals surface area contributed by atoms with Crippen molar-refractivity contribution >= 4 is 40.2 Å². The van der Waals surface area contributed by atoms with Crippen molar-refractivity contribution in [2.45, 2.75) is 19.8 Å². The molecular weight excluding hydrogens is 312 g/mol. The lowest BCUT2D eigenvalue weighted by Gasteiger charge is -2.12. The maximum absolute atomic E-state index is 12.2. The van der Waals surface area contributed by atoms with E-state index in [2.05, 4.69) is 5.32 Å². The van der Waals surface area contributed by atoms with Gasteiger partial charge in [0, 0.05) is 11.8 Å². The minimum Gasteiger partial charge on any atom is -0.321 e. The first-order valence-corrected chi connectivity index (χ1v) is 7.43. The molecular formula is C14H13ClN2O3S. The third-order valence-electron chi connectivity index (χ3n) is 2.92. The number of nitrogens with zero attached hydrogens (tertiary/aromatic N) is 1. The highest BCUT2D eigenvalue weighted by molar-refractivity contribution is 7.18. The zero-order valence-corrected chi connectivity index (χ0v) is 13.0. The number of hydrogen-bond donors (Lipinski definition) is 1. The molecule has 1 N–H and O–H groups in total. The number of carbonyl (C=O) groups is 1. The lowest BCUT2D eigenvalue weighted by atomic mass is 10.0. The quantitative estimate of drug-likeness (QED) is 0.655. The van der Waals surface area contributed by atoms with Crippen molar-refractivity contribution in [2.75, 3.05) is 5.32 Å². The van der Waals surface area contributed by atoms with E-state index in [1.165, 1.54) is 6.07 Å². The van der Waals surface area contributed by atoms with Gasteiger partial charge >= 0.3 is 0 Å². The Morgan fingerprint density at radius 2 is 2.05 bits per heavy atom. The fraction of sp³-hybridized carbons (Fsp3) is 0.214. The molecule has 0 aliphatic heterocycles. The molecule has 2 rings (SSSR count). The summed E-state index contributed by atoms with van der Waals surface area (Å²) >= 11 is 6.66. The number of benzene rings is 1. The van der Waals surface area contributed by atoms with E-state index in [9.17, 15) is 14.9 Å². The Morgan fingerprint density at radius 3 is 2.62 bits per heavy atom. The van der Waals surface area contributed by atoms with Crippen LogP contribution in [0.15, 0.2) is 30.3 Å². The van der Waals surface area contributed by atoms with Gasteiger partial charge < -0.3 is 5.32 Å². The van der Waals surface area contributed by atoms with E-state index in [-0.39, 0.29) is 20.8 Å². The molecule has 1 heterocycles. The normalized spacial score (nSPS) is 10.7. The summed E-state index contributed by atoms with van der Waals surface area (Å²) in [5.41, 5.74) is 1.46. The molecule has 21 heavy (non-hydrogen) atoms. The van der Waals surface area contributed by atoms with Gasteiger partial charge in [-0.1, -0.05) is 43.6 Å². The number of thiophene rings is 1. The summed E-state index contributed by atoms with van der Waals surface area (Å²) in [6.07, 6.45) is 0. The Hall–Kier alpha value is -1.92. The molecule has 0 radical (unpaired) electrons. The number of nitrogens with one attached hydrogen (secondary N) is 1. The third kappa shape index (κ3) is 3.40. The first-order chi connectivity index (χ1) is 9.90. The molecule has 1 aromatic heterocycles. The molecule has 0 spiro atoms. The van der Waals surface area contributed by atoms with Crippen molar-refractivity contribution in [2.24, 2.45) is 0 Å². The second-order valence-electron chi connectivity index (χ2n) is 4.72. The van der Waals surface area contributed by atoms with Crippen LogP contribution in [0.2, 0.25) is 4.34 Å². The Morgan fingerprint density at radius 1 is 1.38 bits per heavy atom. The number of nitro groups is 1. The van der Waals surface area contributed by atoms with Crippen molar-refractivity contribution in [1.29, 1.82) is 0 Å². The van der Waals surface area contributed by atoms with Crippen LogP contribution in [-0.4, -0.2) is 10.8 Å². The lowest BCUT2D eigenvalue weighted by molar-refractivity contribution is -0.384. The van der Waals surface area contributed by atoms with Gasteiger partial charge in [-0.2, -0.15) is 0 Å². The van der Waals surface area contributed by atoms with Gasteiger partial charge in [-0.15, -0.1) is 11.3 Å². The predicted molar refractivity (Wildman–Crippen MR) is 84.5 cm³/mol. The van der Waals surface area contributed by atoms with Gasteiger partial charge in [-0.3, -0.25) is 14.9 Å². The lowest BCUT2D eigenvalue weighted by Crippen LogP contribution is -2.12. The van der Waals surface area contributed by atoms with Crippen molar-refractivity contribution in [3.05, 3.63) is 55.2 Å². The molecule has 0 atom stereocenters. The van der Waals surface area contributed by atoms with Crippen LogP contribution in [0.4, 0.5) is 11.4 Å². The van der Waals surface area contributed by atoms with E-state index in [1.807, 2.05) is 32.0 Å². The van der Waals surface area contributed by atoms with Crippen molar-refractivity contribution < 1.29 is 9.72 Å². The highest BCUT2D eigenvalue weighted by Gasteiger charge is 2.21. The van der Waals surface area contributed by atoms with Gasteiger partial charge in [0.25, 0.3) is 11.6 Å². The molecule has 0 bridgehead atoms. The van der Waals surface area contributed by atoms with Gasteiger partial charge in [-0.25, -0.2) is 0 Å². The Balaban J connectivity index is 2.27. The number of hydrogen-bond acceptors (Lipinski definition) is 4. The maximum atomic E-state index is 12.2. The first kappa shape index (κ1) is 15.5. The van der Waals surface area contributed by atoms with Crippen molar-refractivity contribution in [3.63, 3.8) is 0 Å². The fourth-order valence-electron chi connectivity index (χ4n) is 1.89. The van der Waals surface area contributed by atoms with Crippen molar-refractivity contribution in [1.82, 2.24) is 0 Å². The van der Waals surface area contributed by atoms with Crippen LogP contribution in [-0.2, 0) is 0 Å². The Kier molecular flexibility index (Phi) is 4.59. The van der Waals surface area contributed by atoms with Crippen LogP contribution in [0.5, 0.6) is 0 Å². The fourth-order valence-corrected chi connectivity index (χ4v) is 3.01. The molecule has 110 valence electrons. The van der Waals surface area contributed by atoms with Crippen LogP contribution in [0.3, 0.4) is 0 Å². The summed E-state index contributed by atoms with van der Waals surface area (Å²) in [5, 5.41) is 13.5. The van der Waals surface area contributed by atoms with Gasteiger partial charge in [0.1, 0.15) is 4.88 Å². The highest BCUT2D eigenvalue weighted by atomic mass is 35.5. The minimum absolute atomic E-state index is 0.00212. The van der Waals surface area contributed by atoms with E-state index < -0.39 is 10.8 Å². The number of amides is 1. The summed E-state index contributed by atoms with van der Waals surface area (Å²) in [5.74, 6) is -0.147. The Labute approximate surface area is 130 Å². The van der Waals surface area contributed by atoms with Crippen LogP contribution in [0.25, 0.3) is 0 Å². The van der Waals surface area contributed by atoms with E-state index in [4.69, 9.17) is 11.6 Å². The number of halogens is 1. The summed E-state index contributed by atoms with van der Waals surface area (Å²) in [6, 6.07) is 8.66. The van der Waals surface area contributed by atoms with Gasteiger partial charge in [-0.05, 0) is 17.5 Å². The zero-order valence-electron chi connectivity index (χ0n) is 11.4. The average Bonchev–Trinajstić information content (AvgIpc) is 2.81. The first-order valence-electron chi connectivity index (χ1n) is 6.24. The zero-order chi connectivity index (χ0) is 15.6. The third-order valence-corrected chi connectivity index (χ3v) is 4.26. The molecule has 0 saturated heterocycles. The number of anilines is 1. The molecule has 0 fully saturated rings. The predicted octanol–water partition coefficient (Wildman–Crippen LogP) is 4.69. The van der Waals surface area contributed by atoms with E-state index >= 15 is 0 Å². The second-order valence-corrected chi connectivity index (χ2v) is 6.38. The van der Waals surface area contributed by atoms with Crippen LogP contribution < -0.4 is 5.32 Å². The van der Waals surface area contributed by atoms with E-state index in [0.717, 1.165) is 16.9 Å². The SMILES string of the molecule is CC(C)c1ccccc1NC(=O)c1cc([N+](=O)[O-])c(Cl)s1. The topological polar surface area (TPSA) is 72.2 Å². The molecule has 0 aliphatic rings. The summed E-state index contributed by atoms with van der Waals surface area (Å²) in [4.78, 5) is 22.6. The summed E-state index contributed by atoms with van der Waals surface area (Å²) in [7, 11) is 0. The largest absolute Gasteiger partial charge is 0.321 e. The molecule has 0 aliphatic carbocycles. The number of para-hydroxylation sites is 1. The summed E-state index contributed by atoms with van der Waals surface area (Å²) in [6.45, 7) is 4.05. The molecule has 2 aromatic rings. The van der Waals surface area contributed by atoms with Gasteiger partial charge in [0.2, 0.25) is 0 Å². The average molecular weight is 325 g/mol. The molecule has 1 aromatic carbocycles. The molecule has 5 nitrogen and oxygen atoms in total. The van der Waals surface area contributed by atoms with Gasteiger partial charge in [0.05, 0.1) is 4.92 Å². The van der Waals surface area contributed by atoms with E-state index in [0.29, 0.717) is 5.69 Å².